The van der Waals surface area contributed by atoms with Crippen molar-refractivity contribution in [2.75, 3.05) is 24.6 Å². The molecule has 110 valence electrons. The first-order chi connectivity index (χ1) is 9.62. The number of hydrogen-bond acceptors (Lipinski definition) is 4. The Balaban J connectivity index is 1.81. The zero-order valence-corrected chi connectivity index (χ0v) is 12.6. The highest BCUT2D eigenvalue weighted by atomic mass is 16.3. The van der Waals surface area contributed by atoms with Crippen LogP contribution >= 0.6 is 0 Å². The van der Waals surface area contributed by atoms with E-state index >= 15 is 0 Å². The highest BCUT2D eigenvalue weighted by molar-refractivity contribution is 5.44. The minimum Gasteiger partial charge on any atom is -0.396 e. The Hall–Kier alpha value is -1.16. The first-order valence-corrected chi connectivity index (χ1v) is 7.78. The maximum absolute atomic E-state index is 9.94. The van der Waals surface area contributed by atoms with Gasteiger partial charge in [0.15, 0.2) is 0 Å². The second-order valence-corrected chi connectivity index (χ2v) is 6.75. The van der Waals surface area contributed by atoms with E-state index in [0.717, 1.165) is 49.1 Å². The Labute approximate surface area is 121 Å². The predicted molar refractivity (Wildman–Crippen MR) is 79.8 cm³/mol. The van der Waals surface area contributed by atoms with Crippen LogP contribution in [0.15, 0.2) is 6.20 Å². The van der Waals surface area contributed by atoms with Crippen LogP contribution in [0.4, 0.5) is 5.82 Å². The third kappa shape index (κ3) is 2.80. The SMILES string of the molecule is Cc1cnc(C)c(N2CCCC(CO)(CC3CC3)C2)n1. The van der Waals surface area contributed by atoms with Crippen LogP contribution in [0, 0.1) is 25.2 Å². The van der Waals surface area contributed by atoms with Gasteiger partial charge in [-0.3, -0.25) is 4.98 Å². The average Bonchev–Trinajstić information content (AvgIpc) is 3.25. The monoisotopic (exact) mass is 275 g/mol. The molecule has 1 atom stereocenters. The molecular weight excluding hydrogens is 250 g/mol. The summed E-state index contributed by atoms with van der Waals surface area (Å²) in [4.78, 5) is 11.5. The van der Waals surface area contributed by atoms with Gasteiger partial charge in [0.05, 0.1) is 18.0 Å². The Morgan fingerprint density at radius 3 is 2.90 bits per heavy atom. The molecule has 0 aromatic carbocycles. The summed E-state index contributed by atoms with van der Waals surface area (Å²) in [7, 11) is 0. The van der Waals surface area contributed by atoms with Crippen molar-refractivity contribution in [2.24, 2.45) is 11.3 Å². The van der Waals surface area contributed by atoms with Gasteiger partial charge in [-0.25, -0.2) is 4.98 Å². The Bertz CT molecular complexity index is 487. The number of piperidine rings is 1. The van der Waals surface area contributed by atoms with Gasteiger partial charge in [-0.2, -0.15) is 0 Å². The lowest BCUT2D eigenvalue weighted by Crippen LogP contribution is -2.46. The maximum atomic E-state index is 9.94. The molecule has 3 rings (SSSR count). The number of aliphatic hydroxyl groups excluding tert-OH is 1. The number of aliphatic hydroxyl groups is 1. The third-order valence-electron chi connectivity index (χ3n) is 4.77. The maximum Gasteiger partial charge on any atom is 0.150 e. The molecule has 20 heavy (non-hydrogen) atoms. The molecule has 1 N–H and O–H groups in total. The summed E-state index contributed by atoms with van der Waals surface area (Å²) in [6.07, 6.45) is 8.00. The van der Waals surface area contributed by atoms with Crippen molar-refractivity contribution in [2.45, 2.75) is 46.0 Å². The molecule has 2 heterocycles. The molecule has 1 aliphatic carbocycles. The molecule has 1 aliphatic heterocycles. The van der Waals surface area contributed by atoms with Crippen molar-refractivity contribution >= 4 is 5.82 Å². The number of nitrogens with zero attached hydrogens (tertiary/aromatic N) is 3. The fourth-order valence-electron chi connectivity index (χ4n) is 3.51. The van der Waals surface area contributed by atoms with E-state index in [4.69, 9.17) is 0 Å². The second-order valence-electron chi connectivity index (χ2n) is 6.75. The highest BCUT2D eigenvalue weighted by Crippen LogP contribution is 2.45. The Morgan fingerprint density at radius 2 is 2.20 bits per heavy atom. The topological polar surface area (TPSA) is 49.2 Å². The average molecular weight is 275 g/mol. The first-order valence-electron chi connectivity index (χ1n) is 7.78. The normalized spacial score (nSPS) is 26.9. The van der Waals surface area contributed by atoms with E-state index in [0.29, 0.717) is 6.61 Å². The van der Waals surface area contributed by atoms with Crippen molar-refractivity contribution in [3.8, 4) is 0 Å². The molecule has 4 heteroatoms. The molecule has 1 saturated carbocycles. The largest absolute Gasteiger partial charge is 0.396 e. The third-order valence-corrected chi connectivity index (χ3v) is 4.77. The summed E-state index contributed by atoms with van der Waals surface area (Å²) in [5, 5.41) is 9.94. The van der Waals surface area contributed by atoms with Gasteiger partial charge in [0, 0.05) is 24.7 Å². The molecule has 0 bridgehead atoms. The minimum atomic E-state index is 0.0806. The van der Waals surface area contributed by atoms with Gasteiger partial charge in [-0.15, -0.1) is 0 Å². The molecule has 0 radical (unpaired) electrons. The Morgan fingerprint density at radius 1 is 1.40 bits per heavy atom. The summed E-state index contributed by atoms with van der Waals surface area (Å²) < 4.78 is 0. The molecule has 1 unspecified atom stereocenters. The van der Waals surface area contributed by atoms with Gasteiger partial charge in [0.25, 0.3) is 0 Å². The molecule has 0 spiro atoms. The number of rotatable bonds is 4. The summed E-state index contributed by atoms with van der Waals surface area (Å²) in [6.45, 7) is 6.28. The summed E-state index contributed by atoms with van der Waals surface area (Å²) >= 11 is 0. The van der Waals surface area contributed by atoms with Crippen LogP contribution < -0.4 is 4.90 Å². The van der Waals surface area contributed by atoms with Crippen molar-refractivity contribution in [1.29, 1.82) is 0 Å². The summed E-state index contributed by atoms with van der Waals surface area (Å²) in [5.74, 6) is 1.87. The van der Waals surface area contributed by atoms with Crippen LogP contribution in [0.2, 0.25) is 0 Å². The van der Waals surface area contributed by atoms with E-state index < -0.39 is 0 Å². The number of hydrogen-bond donors (Lipinski definition) is 1. The van der Waals surface area contributed by atoms with Crippen LogP contribution in [-0.4, -0.2) is 34.8 Å². The van der Waals surface area contributed by atoms with E-state index in [-0.39, 0.29) is 5.41 Å². The molecule has 0 amide bonds. The van der Waals surface area contributed by atoms with Crippen molar-refractivity contribution in [3.63, 3.8) is 0 Å². The lowest BCUT2D eigenvalue weighted by atomic mass is 9.76. The van der Waals surface area contributed by atoms with Gasteiger partial charge in [-0.05, 0) is 39.0 Å². The minimum absolute atomic E-state index is 0.0806. The lowest BCUT2D eigenvalue weighted by molar-refractivity contribution is 0.0901. The van der Waals surface area contributed by atoms with Crippen LogP contribution in [0.25, 0.3) is 0 Å². The summed E-state index contributed by atoms with van der Waals surface area (Å²) in [6, 6.07) is 0. The molecule has 2 fully saturated rings. The van der Waals surface area contributed by atoms with E-state index in [1.807, 2.05) is 20.0 Å². The number of aryl methyl sites for hydroxylation is 2. The van der Waals surface area contributed by atoms with Crippen molar-refractivity contribution in [3.05, 3.63) is 17.6 Å². The molecule has 1 aromatic heterocycles. The van der Waals surface area contributed by atoms with E-state index in [1.54, 1.807) is 0 Å². The molecule has 1 aromatic rings. The second kappa shape index (κ2) is 5.32. The zero-order valence-electron chi connectivity index (χ0n) is 12.6. The molecule has 4 nitrogen and oxygen atoms in total. The van der Waals surface area contributed by atoms with Crippen LogP contribution in [-0.2, 0) is 0 Å². The lowest BCUT2D eigenvalue weighted by Gasteiger charge is -2.43. The van der Waals surface area contributed by atoms with Crippen molar-refractivity contribution in [1.82, 2.24) is 9.97 Å². The van der Waals surface area contributed by atoms with Gasteiger partial charge in [0.2, 0.25) is 0 Å². The van der Waals surface area contributed by atoms with Gasteiger partial charge in [0.1, 0.15) is 5.82 Å². The van der Waals surface area contributed by atoms with Crippen LogP contribution in [0.3, 0.4) is 0 Å². The highest BCUT2D eigenvalue weighted by Gasteiger charge is 2.40. The van der Waals surface area contributed by atoms with Crippen molar-refractivity contribution < 1.29 is 5.11 Å². The smallest absolute Gasteiger partial charge is 0.150 e. The van der Waals surface area contributed by atoms with E-state index in [2.05, 4.69) is 14.9 Å². The molecule has 1 saturated heterocycles. The summed E-state index contributed by atoms with van der Waals surface area (Å²) in [5.41, 5.74) is 2.04. The number of anilines is 1. The van der Waals surface area contributed by atoms with Crippen LogP contribution in [0.1, 0.15) is 43.5 Å². The van der Waals surface area contributed by atoms with Crippen LogP contribution in [0.5, 0.6) is 0 Å². The fourth-order valence-corrected chi connectivity index (χ4v) is 3.51. The standard InChI is InChI=1S/C16H25N3O/c1-12-9-17-13(2)15(18-12)19-7-3-6-16(10-19,11-20)8-14-4-5-14/h9,14,20H,3-8,10-11H2,1-2H3. The van der Waals surface area contributed by atoms with Gasteiger partial charge in [-0.1, -0.05) is 12.8 Å². The van der Waals surface area contributed by atoms with E-state index in [9.17, 15) is 5.11 Å². The quantitative estimate of drug-likeness (QED) is 0.917. The number of aromatic nitrogens is 2. The zero-order chi connectivity index (χ0) is 14.2. The molecule has 2 aliphatic rings. The Kier molecular flexibility index (Phi) is 3.67. The van der Waals surface area contributed by atoms with E-state index in [1.165, 1.54) is 19.3 Å². The predicted octanol–water partition coefficient (Wildman–Crippen LogP) is 2.47. The van der Waals surface area contributed by atoms with Gasteiger partial charge >= 0.3 is 0 Å². The molecular formula is C16H25N3O. The fraction of sp³-hybridized carbons (Fsp3) is 0.750. The van der Waals surface area contributed by atoms with Gasteiger partial charge < -0.3 is 10.0 Å². The first kappa shape index (κ1) is 13.8.